The van der Waals surface area contributed by atoms with Crippen molar-refractivity contribution in [1.29, 1.82) is 0 Å². The topological polar surface area (TPSA) is 47.0 Å². The molecule has 2 rings (SSSR count). The van der Waals surface area contributed by atoms with E-state index in [1.165, 1.54) is 0 Å². The Morgan fingerprint density at radius 2 is 1.90 bits per heavy atom. The minimum absolute atomic E-state index is 0.582. The predicted molar refractivity (Wildman–Crippen MR) is 82.7 cm³/mol. The minimum atomic E-state index is 0.582. The van der Waals surface area contributed by atoms with E-state index < -0.39 is 0 Å². The van der Waals surface area contributed by atoms with Crippen molar-refractivity contribution in [3.05, 3.63) is 34.6 Å². The molecule has 106 valence electrons. The molecule has 0 radical (unpaired) electrons. The smallest absolute Gasteiger partial charge is 0.152 e. The van der Waals surface area contributed by atoms with Gasteiger partial charge in [-0.05, 0) is 32.9 Å². The summed E-state index contributed by atoms with van der Waals surface area (Å²) < 4.78 is 5.26. The standard InChI is InChI=1S/C15H18ClN3O/c1-5-17-15-14(18-9(2)10(3)19-15)11-6-7-12(16)13(8-11)20-4/h6-8H,5H2,1-4H3,(H,17,19). The van der Waals surface area contributed by atoms with E-state index in [1.807, 2.05) is 39.0 Å². The molecule has 0 unspecified atom stereocenters. The fourth-order valence-corrected chi connectivity index (χ4v) is 2.10. The predicted octanol–water partition coefficient (Wildman–Crippen LogP) is 3.85. The number of nitrogens with zero attached hydrogens (tertiary/aromatic N) is 2. The van der Waals surface area contributed by atoms with E-state index >= 15 is 0 Å². The van der Waals surface area contributed by atoms with E-state index in [0.717, 1.165) is 35.0 Å². The van der Waals surface area contributed by atoms with Gasteiger partial charge in [-0.3, -0.25) is 0 Å². The van der Waals surface area contributed by atoms with E-state index in [4.69, 9.17) is 16.3 Å². The number of anilines is 1. The molecule has 0 amide bonds. The zero-order chi connectivity index (χ0) is 14.7. The Bertz CT molecular complexity index is 629. The Morgan fingerprint density at radius 1 is 1.20 bits per heavy atom. The summed E-state index contributed by atoms with van der Waals surface area (Å²) in [5.41, 5.74) is 3.57. The van der Waals surface area contributed by atoms with Crippen molar-refractivity contribution in [2.45, 2.75) is 20.8 Å². The van der Waals surface area contributed by atoms with Gasteiger partial charge in [-0.1, -0.05) is 17.7 Å². The van der Waals surface area contributed by atoms with Crippen LogP contribution in [0.3, 0.4) is 0 Å². The lowest BCUT2D eigenvalue weighted by molar-refractivity contribution is 0.415. The maximum Gasteiger partial charge on any atom is 0.152 e. The van der Waals surface area contributed by atoms with Crippen LogP contribution in [0.1, 0.15) is 18.3 Å². The van der Waals surface area contributed by atoms with E-state index in [0.29, 0.717) is 10.8 Å². The molecular formula is C15H18ClN3O. The van der Waals surface area contributed by atoms with Crippen LogP contribution in [0.2, 0.25) is 5.02 Å². The van der Waals surface area contributed by atoms with Crippen LogP contribution >= 0.6 is 11.6 Å². The van der Waals surface area contributed by atoms with Crippen molar-refractivity contribution in [2.75, 3.05) is 19.0 Å². The Kier molecular flexibility index (Phi) is 4.45. The first kappa shape index (κ1) is 14.6. The fourth-order valence-electron chi connectivity index (χ4n) is 1.90. The Labute approximate surface area is 124 Å². The second kappa shape index (κ2) is 6.09. The van der Waals surface area contributed by atoms with Crippen molar-refractivity contribution in [2.24, 2.45) is 0 Å². The number of ether oxygens (including phenoxy) is 1. The third-order valence-electron chi connectivity index (χ3n) is 3.08. The third-order valence-corrected chi connectivity index (χ3v) is 3.39. The average molecular weight is 292 g/mol. The van der Waals surface area contributed by atoms with Gasteiger partial charge in [0.15, 0.2) is 5.82 Å². The van der Waals surface area contributed by atoms with Gasteiger partial charge in [0.2, 0.25) is 0 Å². The van der Waals surface area contributed by atoms with E-state index in [2.05, 4.69) is 15.3 Å². The molecule has 4 nitrogen and oxygen atoms in total. The van der Waals surface area contributed by atoms with Gasteiger partial charge in [0.25, 0.3) is 0 Å². The molecule has 0 atom stereocenters. The molecule has 0 aliphatic carbocycles. The molecule has 0 spiro atoms. The third kappa shape index (κ3) is 2.85. The van der Waals surface area contributed by atoms with E-state index in [1.54, 1.807) is 7.11 Å². The number of methoxy groups -OCH3 is 1. The SMILES string of the molecule is CCNc1nc(C)c(C)nc1-c1ccc(Cl)c(OC)c1. The van der Waals surface area contributed by atoms with Gasteiger partial charge in [-0.25, -0.2) is 9.97 Å². The zero-order valence-electron chi connectivity index (χ0n) is 12.1. The molecule has 0 bridgehead atoms. The molecule has 1 N–H and O–H groups in total. The maximum absolute atomic E-state index is 6.06. The van der Waals surface area contributed by atoms with Gasteiger partial charge in [-0.2, -0.15) is 0 Å². The molecular weight excluding hydrogens is 274 g/mol. The number of aromatic nitrogens is 2. The van der Waals surface area contributed by atoms with Crippen LogP contribution in [0.15, 0.2) is 18.2 Å². The van der Waals surface area contributed by atoms with Gasteiger partial charge >= 0.3 is 0 Å². The van der Waals surface area contributed by atoms with Crippen LogP contribution in [0.4, 0.5) is 5.82 Å². The summed E-state index contributed by atoms with van der Waals surface area (Å²) in [6.45, 7) is 6.72. The fraction of sp³-hybridized carbons (Fsp3) is 0.333. The van der Waals surface area contributed by atoms with Gasteiger partial charge < -0.3 is 10.1 Å². The van der Waals surface area contributed by atoms with Gasteiger partial charge in [0.1, 0.15) is 11.4 Å². The number of nitrogens with one attached hydrogen (secondary N) is 1. The summed E-state index contributed by atoms with van der Waals surface area (Å²) in [6.07, 6.45) is 0. The van der Waals surface area contributed by atoms with Crippen LogP contribution in [-0.4, -0.2) is 23.6 Å². The highest BCUT2D eigenvalue weighted by molar-refractivity contribution is 6.32. The molecule has 20 heavy (non-hydrogen) atoms. The van der Waals surface area contributed by atoms with Gasteiger partial charge in [0, 0.05) is 12.1 Å². The average Bonchev–Trinajstić information content (AvgIpc) is 2.43. The molecule has 5 heteroatoms. The first-order valence-corrected chi connectivity index (χ1v) is 6.87. The molecule has 1 aromatic heterocycles. The summed E-state index contributed by atoms with van der Waals surface area (Å²) in [6, 6.07) is 5.61. The van der Waals surface area contributed by atoms with Gasteiger partial charge in [-0.15, -0.1) is 0 Å². The first-order valence-electron chi connectivity index (χ1n) is 6.49. The molecule has 0 aliphatic heterocycles. The first-order chi connectivity index (χ1) is 9.56. The van der Waals surface area contributed by atoms with E-state index in [-0.39, 0.29) is 0 Å². The number of hydrogen-bond acceptors (Lipinski definition) is 4. The van der Waals surface area contributed by atoms with E-state index in [9.17, 15) is 0 Å². The summed E-state index contributed by atoms with van der Waals surface area (Å²) in [4.78, 5) is 9.21. The highest BCUT2D eigenvalue weighted by atomic mass is 35.5. The Morgan fingerprint density at radius 3 is 2.55 bits per heavy atom. The van der Waals surface area contributed by atoms with Crippen molar-refractivity contribution in [3.63, 3.8) is 0 Å². The van der Waals surface area contributed by atoms with Crippen LogP contribution in [0.5, 0.6) is 5.75 Å². The lowest BCUT2D eigenvalue weighted by atomic mass is 10.1. The number of aryl methyl sites for hydroxylation is 2. The lowest BCUT2D eigenvalue weighted by Crippen LogP contribution is -2.06. The highest BCUT2D eigenvalue weighted by Gasteiger charge is 2.12. The Balaban J connectivity index is 2.58. The largest absolute Gasteiger partial charge is 0.495 e. The quantitative estimate of drug-likeness (QED) is 0.929. The molecule has 1 heterocycles. The van der Waals surface area contributed by atoms with Gasteiger partial charge in [0.05, 0.1) is 23.5 Å². The molecule has 0 saturated heterocycles. The van der Waals surface area contributed by atoms with Crippen molar-refractivity contribution >= 4 is 17.4 Å². The Hall–Kier alpha value is -1.81. The molecule has 0 aliphatic rings. The normalized spacial score (nSPS) is 10.4. The number of hydrogen-bond donors (Lipinski definition) is 1. The maximum atomic E-state index is 6.06. The van der Waals surface area contributed by atoms with Crippen LogP contribution in [0, 0.1) is 13.8 Å². The number of benzene rings is 1. The zero-order valence-corrected chi connectivity index (χ0v) is 12.9. The van der Waals surface area contributed by atoms with Crippen molar-refractivity contribution in [1.82, 2.24) is 9.97 Å². The summed E-state index contributed by atoms with van der Waals surface area (Å²) >= 11 is 6.06. The van der Waals surface area contributed by atoms with Crippen molar-refractivity contribution < 1.29 is 4.74 Å². The molecule has 1 aromatic carbocycles. The van der Waals surface area contributed by atoms with Crippen LogP contribution in [0.25, 0.3) is 11.3 Å². The lowest BCUT2D eigenvalue weighted by Gasteiger charge is -2.13. The summed E-state index contributed by atoms with van der Waals surface area (Å²) in [5, 5.41) is 3.83. The molecule has 0 saturated carbocycles. The molecule has 0 fully saturated rings. The second-order valence-electron chi connectivity index (χ2n) is 4.47. The minimum Gasteiger partial charge on any atom is -0.495 e. The number of halogens is 1. The van der Waals surface area contributed by atoms with Crippen LogP contribution < -0.4 is 10.1 Å². The number of rotatable bonds is 4. The monoisotopic (exact) mass is 291 g/mol. The van der Waals surface area contributed by atoms with Crippen LogP contribution in [-0.2, 0) is 0 Å². The summed E-state index contributed by atoms with van der Waals surface area (Å²) in [7, 11) is 1.60. The van der Waals surface area contributed by atoms with Crippen molar-refractivity contribution in [3.8, 4) is 17.0 Å². The second-order valence-corrected chi connectivity index (χ2v) is 4.88. The molecule has 2 aromatic rings. The highest BCUT2D eigenvalue weighted by Crippen LogP contribution is 2.32. The summed E-state index contributed by atoms with van der Waals surface area (Å²) in [5.74, 6) is 1.41.